The maximum absolute atomic E-state index is 5.90. The number of aromatic nitrogens is 2. The Balaban J connectivity index is 1.77. The third-order valence-corrected chi connectivity index (χ3v) is 4.33. The average Bonchev–Trinajstić information content (AvgIpc) is 3.12. The molecule has 1 N–H and O–H groups in total. The van der Waals surface area contributed by atoms with Gasteiger partial charge in [-0.15, -0.1) is 0 Å². The molecule has 3 rings (SSSR count). The molecule has 112 valence electrons. The van der Waals surface area contributed by atoms with E-state index < -0.39 is 0 Å². The molecule has 0 aliphatic carbocycles. The van der Waals surface area contributed by atoms with Crippen molar-refractivity contribution >= 4 is 11.6 Å². The molecule has 1 fully saturated rings. The van der Waals surface area contributed by atoms with Crippen molar-refractivity contribution in [2.24, 2.45) is 0 Å². The Hall–Kier alpha value is -1.39. The van der Waals surface area contributed by atoms with Gasteiger partial charge in [0.15, 0.2) is 5.82 Å². The van der Waals surface area contributed by atoms with E-state index in [1.54, 1.807) is 0 Å². The fourth-order valence-corrected chi connectivity index (χ4v) is 3.17. The topological polar surface area (TPSA) is 51.0 Å². The Kier molecular flexibility index (Phi) is 4.27. The molecule has 2 heterocycles. The van der Waals surface area contributed by atoms with Crippen LogP contribution in [0.25, 0.3) is 0 Å². The zero-order chi connectivity index (χ0) is 14.7. The van der Waals surface area contributed by atoms with Crippen LogP contribution in [0.3, 0.4) is 0 Å². The van der Waals surface area contributed by atoms with E-state index in [-0.39, 0.29) is 5.54 Å². The Bertz CT molecular complexity index is 588. The summed E-state index contributed by atoms with van der Waals surface area (Å²) in [6.45, 7) is 3.21. The molecule has 1 saturated heterocycles. The second kappa shape index (κ2) is 6.16. The predicted molar refractivity (Wildman–Crippen MR) is 82.4 cm³/mol. The van der Waals surface area contributed by atoms with Crippen LogP contribution in [0.1, 0.15) is 49.9 Å². The lowest BCUT2D eigenvalue weighted by Gasteiger charge is -2.24. The molecule has 5 heteroatoms. The second-order valence-electron chi connectivity index (χ2n) is 5.68. The van der Waals surface area contributed by atoms with Crippen molar-refractivity contribution in [3.8, 4) is 0 Å². The van der Waals surface area contributed by atoms with Crippen molar-refractivity contribution < 1.29 is 4.52 Å². The lowest BCUT2D eigenvalue weighted by molar-refractivity contribution is 0.240. The first-order chi connectivity index (χ1) is 10.2. The quantitative estimate of drug-likeness (QED) is 0.915. The van der Waals surface area contributed by atoms with E-state index in [4.69, 9.17) is 16.1 Å². The first-order valence-electron chi connectivity index (χ1n) is 7.54. The van der Waals surface area contributed by atoms with Gasteiger partial charge in [-0.1, -0.05) is 42.2 Å². The Morgan fingerprint density at radius 1 is 1.33 bits per heavy atom. The van der Waals surface area contributed by atoms with E-state index in [2.05, 4.69) is 22.4 Å². The predicted octanol–water partition coefficient (Wildman–Crippen LogP) is 3.69. The number of halogens is 1. The molecule has 0 amide bonds. The summed E-state index contributed by atoms with van der Waals surface area (Å²) in [4.78, 5) is 4.63. The summed E-state index contributed by atoms with van der Waals surface area (Å²) < 4.78 is 5.55. The molecule has 1 unspecified atom stereocenters. The van der Waals surface area contributed by atoms with Crippen LogP contribution in [0.15, 0.2) is 28.8 Å². The average molecular weight is 306 g/mol. The van der Waals surface area contributed by atoms with Crippen LogP contribution in [0.2, 0.25) is 5.02 Å². The van der Waals surface area contributed by atoms with Crippen LogP contribution in [0.5, 0.6) is 0 Å². The zero-order valence-electron chi connectivity index (χ0n) is 12.2. The molecule has 1 aromatic carbocycles. The van der Waals surface area contributed by atoms with Crippen LogP contribution in [-0.4, -0.2) is 16.7 Å². The normalized spacial score (nSPS) is 21.8. The van der Waals surface area contributed by atoms with Gasteiger partial charge < -0.3 is 9.84 Å². The van der Waals surface area contributed by atoms with Gasteiger partial charge in [0, 0.05) is 11.4 Å². The van der Waals surface area contributed by atoms with Crippen molar-refractivity contribution in [2.75, 3.05) is 6.54 Å². The van der Waals surface area contributed by atoms with Gasteiger partial charge in [-0.2, -0.15) is 4.98 Å². The molecule has 1 atom stereocenters. The van der Waals surface area contributed by atoms with E-state index in [1.807, 2.05) is 24.3 Å². The van der Waals surface area contributed by atoms with Crippen molar-refractivity contribution in [1.29, 1.82) is 0 Å². The van der Waals surface area contributed by atoms with Crippen molar-refractivity contribution in [2.45, 2.75) is 44.6 Å². The van der Waals surface area contributed by atoms with Gasteiger partial charge in [0.05, 0.1) is 5.54 Å². The largest absolute Gasteiger partial charge is 0.337 e. The molecule has 2 aromatic rings. The monoisotopic (exact) mass is 305 g/mol. The van der Waals surface area contributed by atoms with Crippen molar-refractivity contribution in [1.82, 2.24) is 15.5 Å². The molecule has 1 aromatic heterocycles. The molecule has 0 spiro atoms. The Labute approximate surface area is 129 Å². The Morgan fingerprint density at radius 2 is 2.14 bits per heavy atom. The minimum atomic E-state index is -0.111. The van der Waals surface area contributed by atoms with E-state index >= 15 is 0 Å². The molecule has 0 radical (unpaired) electrons. The van der Waals surface area contributed by atoms with Crippen LogP contribution in [0, 0.1) is 0 Å². The number of nitrogens with one attached hydrogen (secondary N) is 1. The summed E-state index contributed by atoms with van der Waals surface area (Å²) in [6.07, 6.45) is 5.04. The van der Waals surface area contributed by atoms with Gasteiger partial charge in [0.25, 0.3) is 0 Å². The highest BCUT2D eigenvalue weighted by Gasteiger charge is 2.39. The van der Waals surface area contributed by atoms with Crippen LogP contribution < -0.4 is 5.32 Å². The minimum absolute atomic E-state index is 0.111. The number of benzene rings is 1. The molecule has 21 heavy (non-hydrogen) atoms. The molecule has 0 saturated carbocycles. The van der Waals surface area contributed by atoms with Crippen LogP contribution >= 0.6 is 11.6 Å². The first-order valence-corrected chi connectivity index (χ1v) is 7.92. The van der Waals surface area contributed by atoms with E-state index in [0.717, 1.165) is 54.5 Å². The maximum Gasteiger partial charge on any atom is 0.246 e. The lowest BCUT2D eigenvalue weighted by atomic mass is 9.92. The molecular weight excluding hydrogens is 286 g/mol. The minimum Gasteiger partial charge on any atom is -0.337 e. The molecule has 4 nitrogen and oxygen atoms in total. The summed E-state index contributed by atoms with van der Waals surface area (Å²) in [7, 11) is 0. The van der Waals surface area contributed by atoms with E-state index in [0.29, 0.717) is 6.42 Å². The number of nitrogens with zero attached hydrogens (tertiary/aromatic N) is 2. The third kappa shape index (κ3) is 3.11. The van der Waals surface area contributed by atoms with E-state index in [9.17, 15) is 0 Å². The summed E-state index contributed by atoms with van der Waals surface area (Å²) in [5.41, 5.74) is 1.02. The highest BCUT2D eigenvalue weighted by molar-refractivity contribution is 6.30. The van der Waals surface area contributed by atoms with Crippen molar-refractivity contribution in [3.05, 3.63) is 46.6 Å². The van der Waals surface area contributed by atoms with E-state index in [1.165, 1.54) is 0 Å². The van der Waals surface area contributed by atoms with Gasteiger partial charge in [0.2, 0.25) is 5.89 Å². The highest BCUT2D eigenvalue weighted by atomic mass is 35.5. The van der Waals surface area contributed by atoms with Gasteiger partial charge in [-0.3, -0.25) is 0 Å². The number of hydrogen-bond acceptors (Lipinski definition) is 4. The highest BCUT2D eigenvalue weighted by Crippen LogP contribution is 2.34. The fourth-order valence-electron chi connectivity index (χ4n) is 3.04. The summed E-state index contributed by atoms with van der Waals surface area (Å²) in [5, 5.41) is 8.45. The second-order valence-corrected chi connectivity index (χ2v) is 6.12. The van der Waals surface area contributed by atoms with Gasteiger partial charge in [0.1, 0.15) is 0 Å². The zero-order valence-corrected chi connectivity index (χ0v) is 13.0. The summed E-state index contributed by atoms with van der Waals surface area (Å²) in [5.74, 6) is 1.47. The number of rotatable bonds is 5. The smallest absolute Gasteiger partial charge is 0.246 e. The molecule has 0 bridgehead atoms. The fraction of sp³-hybridized carbons (Fsp3) is 0.500. The summed E-state index contributed by atoms with van der Waals surface area (Å²) in [6, 6.07) is 7.76. The number of hydrogen-bond donors (Lipinski definition) is 1. The van der Waals surface area contributed by atoms with Gasteiger partial charge in [-0.05, 0) is 43.5 Å². The first kappa shape index (κ1) is 14.5. The molecule has 1 aliphatic heterocycles. The standard InChI is InChI=1S/C16H20ClN3O/c1-2-8-16(9-3-10-18-16)15-19-14(20-21-15)11-12-4-6-13(17)7-5-12/h4-7,18H,2-3,8-11H2,1H3. The SMILES string of the molecule is CCCC1(c2nc(Cc3ccc(Cl)cc3)no2)CCCN1. The van der Waals surface area contributed by atoms with Gasteiger partial charge >= 0.3 is 0 Å². The lowest BCUT2D eigenvalue weighted by Crippen LogP contribution is -2.37. The third-order valence-electron chi connectivity index (χ3n) is 4.07. The van der Waals surface area contributed by atoms with Crippen LogP contribution in [-0.2, 0) is 12.0 Å². The van der Waals surface area contributed by atoms with Gasteiger partial charge in [-0.25, -0.2) is 0 Å². The summed E-state index contributed by atoms with van der Waals surface area (Å²) >= 11 is 5.90. The molecular formula is C16H20ClN3O. The van der Waals surface area contributed by atoms with Crippen molar-refractivity contribution in [3.63, 3.8) is 0 Å². The molecule has 1 aliphatic rings. The van der Waals surface area contributed by atoms with Crippen LogP contribution in [0.4, 0.5) is 0 Å². The Morgan fingerprint density at radius 3 is 2.81 bits per heavy atom. The maximum atomic E-state index is 5.90.